The van der Waals surface area contributed by atoms with Crippen LogP contribution in [0, 0.1) is 0 Å². The topological polar surface area (TPSA) is 94.2 Å². The molecule has 0 aliphatic carbocycles. The number of imide groups is 1. The van der Waals surface area contributed by atoms with Gasteiger partial charge in [0.05, 0.1) is 24.9 Å². The second-order valence-corrected chi connectivity index (χ2v) is 6.27. The van der Waals surface area contributed by atoms with Gasteiger partial charge in [-0.1, -0.05) is 29.8 Å². The van der Waals surface area contributed by atoms with E-state index in [0.717, 1.165) is 4.90 Å². The molecule has 2 aromatic carbocycles. The second kappa shape index (κ2) is 8.66. The molecule has 9 heteroatoms. The first-order valence-corrected chi connectivity index (χ1v) is 8.81. The fraction of sp³-hybridized carbons (Fsp3) is 0.150. The highest BCUT2D eigenvalue weighted by atomic mass is 35.5. The van der Waals surface area contributed by atoms with E-state index < -0.39 is 17.9 Å². The van der Waals surface area contributed by atoms with Crippen molar-refractivity contribution in [3.8, 4) is 11.5 Å². The maximum absolute atomic E-state index is 12.7. The van der Waals surface area contributed by atoms with Crippen LogP contribution in [0.3, 0.4) is 0 Å². The molecule has 2 aromatic rings. The second-order valence-electron chi connectivity index (χ2n) is 5.86. The quantitative estimate of drug-likeness (QED) is 0.442. The summed E-state index contributed by atoms with van der Waals surface area (Å²) < 4.78 is 15.1. The molecule has 150 valence electrons. The van der Waals surface area contributed by atoms with Crippen molar-refractivity contribution < 1.29 is 28.6 Å². The van der Waals surface area contributed by atoms with Crippen LogP contribution < -0.4 is 19.7 Å². The lowest BCUT2D eigenvalue weighted by atomic mass is 10.1. The zero-order chi connectivity index (χ0) is 21.0. The van der Waals surface area contributed by atoms with Crippen LogP contribution in [-0.4, -0.2) is 38.7 Å². The maximum Gasteiger partial charge on any atom is 0.343 e. The molecule has 1 aliphatic heterocycles. The number of methoxy groups -OCH3 is 2. The predicted molar refractivity (Wildman–Crippen MR) is 106 cm³/mol. The van der Waals surface area contributed by atoms with Gasteiger partial charge in [-0.05, 0) is 35.9 Å². The molecule has 29 heavy (non-hydrogen) atoms. The predicted octanol–water partition coefficient (Wildman–Crippen LogP) is 3.00. The Labute approximate surface area is 171 Å². The number of urea groups is 1. The summed E-state index contributed by atoms with van der Waals surface area (Å²) >= 11 is 6.25. The van der Waals surface area contributed by atoms with Gasteiger partial charge in [-0.15, -0.1) is 0 Å². The highest BCUT2D eigenvalue weighted by Crippen LogP contribution is 2.37. The molecule has 3 amide bonds. The first kappa shape index (κ1) is 20.2. The van der Waals surface area contributed by atoms with E-state index in [2.05, 4.69) is 10.1 Å². The van der Waals surface area contributed by atoms with Crippen LogP contribution >= 0.6 is 11.6 Å². The molecule has 0 saturated carbocycles. The molecule has 1 heterocycles. The molecular weight excluding hydrogens is 400 g/mol. The number of nitrogens with one attached hydrogen (secondary N) is 1. The Morgan fingerprint density at radius 2 is 1.90 bits per heavy atom. The number of amides is 3. The van der Waals surface area contributed by atoms with Gasteiger partial charge in [0.15, 0.2) is 18.1 Å². The highest BCUT2D eigenvalue weighted by molar-refractivity contribution is 6.32. The summed E-state index contributed by atoms with van der Waals surface area (Å²) in [6, 6.07) is 11.1. The number of ether oxygens (including phenoxy) is 3. The monoisotopic (exact) mass is 416 g/mol. The summed E-state index contributed by atoms with van der Waals surface area (Å²) in [5.41, 5.74) is 1.04. The third kappa shape index (κ3) is 4.33. The first-order chi connectivity index (χ1) is 13.9. The number of nitrogens with zero attached hydrogens (tertiary/aromatic N) is 1. The standard InChI is InChI=1S/C20H17ClN2O6/c1-27-16-10-12(8-14(21)18(16)29-11-17(24)28-2)9-15-19(25)23(20(26)22-15)13-6-4-3-5-7-13/h3-10H,11H2,1-2H3,(H,22,26)/b15-9+. The minimum atomic E-state index is -0.574. The van der Waals surface area contributed by atoms with Crippen LogP contribution in [0.2, 0.25) is 5.02 Å². The van der Waals surface area contributed by atoms with Gasteiger partial charge in [-0.25, -0.2) is 14.5 Å². The zero-order valence-electron chi connectivity index (χ0n) is 15.6. The number of benzene rings is 2. The average Bonchev–Trinajstić information content (AvgIpc) is 3.00. The number of rotatable bonds is 6. The lowest BCUT2D eigenvalue weighted by Crippen LogP contribution is -2.30. The van der Waals surface area contributed by atoms with Crippen molar-refractivity contribution in [2.24, 2.45) is 0 Å². The molecule has 0 unspecified atom stereocenters. The van der Waals surface area contributed by atoms with Crippen molar-refractivity contribution in [3.05, 3.63) is 58.7 Å². The van der Waals surface area contributed by atoms with Gasteiger partial charge in [0.25, 0.3) is 5.91 Å². The lowest BCUT2D eigenvalue weighted by molar-refractivity contribution is -0.142. The van der Waals surface area contributed by atoms with E-state index in [1.54, 1.807) is 36.4 Å². The van der Waals surface area contributed by atoms with Gasteiger partial charge in [0.1, 0.15) is 5.70 Å². The molecule has 3 rings (SSSR count). The van der Waals surface area contributed by atoms with Crippen LogP contribution in [0.25, 0.3) is 6.08 Å². The molecule has 0 atom stereocenters. The summed E-state index contributed by atoms with van der Waals surface area (Å²) in [7, 11) is 2.65. The van der Waals surface area contributed by atoms with Gasteiger partial charge >= 0.3 is 12.0 Å². The molecule has 0 spiro atoms. The van der Waals surface area contributed by atoms with Gasteiger partial charge < -0.3 is 19.5 Å². The Morgan fingerprint density at radius 3 is 2.55 bits per heavy atom. The van der Waals surface area contributed by atoms with Gasteiger partial charge in [0, 0.05) is 0 Å². The fourth-order valence-electron chi connectivity index (χ4n) is 2.67. The normalized spacial score (nSPS) is 14.7. The zero-order valence-corrected chi connectivity index (χ0v) is 16.4. The largest absolute Gasteiger partial charge is 0.493 e. The van der Waals surface area contributed by atoms with Crippen molar-refractivity contribution >= 4 is 41.3 Å². The van der Waals surface area contributed by atoms with Crippen molar-refractivity contribution in [1.29, 1.82) is 0 Å². The number of anilines is 1. The first-order valence-electron chi connectivity index (χ1n) is 8.44. The van der Waals surface area contributed by atoms with Crippen molar-refractivity contribution in [3.63, 3.8) is 0 Å². The Hall–Kier alpha value is -3.52. The molecule has 1 saturated heterocycles. The molecule has 0 radical (unpaired) electrons. The lowest BCUT2D eigenvalue weighted by Gasteiger charge is -2.13. The summed E-state index contributed by atoms with van der Waals surface area (Å²) in [5, 5.41) is 2.71. The molecular formula is C20H17ClN2O6. The number of para-hydroxylation sites is 1. The molecule has 1 aliphatic rings. The maximum atomic E-state index is 12.7. The van der Waals surface area contributed by atoms with Crippen molar-refractivity contribution in [1.82, 2.24) is 5.32 Å². The number of hydrogen-bond acceptors (Lipinski definition) is 6. The van der Waals surface area contributed by atoms with Crippen molar-refractivity contribution in [2.45, 2.75) is 0 Å². The minimum Gasteiger partial charge on any atom is -0.493 e. The summed E-state index contributed by atoms with van der Waals surface area (Å²) in [4.78, 5) is 37.2. The van der Waals surface area contributed by atoms with E-state index in [0.29, 0.717) is 11.3 Å². The van der Waals surface area contributed by atoms with Gasteiger partial charge in [-0.2, -0.15) is 0 Å². The Bertz CT molecular complexity index is 990. The minimum absolute atomic E-state index is 0.0835. The van der Waals surface area contributed by atoms with Crippen LogP contribution in [0.5, 0.6) is 11.5 Å². The number of carbonyl (C=O) groups is 3. The van der Waals surface area contributed by atoms with Gasteiger partial charge in [0.2, 0.25) is 0 Å². The van der Waals surface area contributed by atoms with Crippen LogP contribution in [0.4, 0.5) is 10.5 Å². The fourth-order valence-corrected chi connectivity index (χ4v) is 2.94. The van der Waals surface area contributed by atoms with E-state index in [1.165, 1.54) is 26.4 Å². The van der Waals surface area contributed by atoms with Crippen LogP contribution in [0.1, 0.15) is 5.56 Å². The van der Waals surface area contributed by atoms with E-state index in [1.807, 2.05) is 0 Å². The smallest absolute Gasteiger partial charge is 0.343 e. The van der Waals surface area contributed by atoms with Gasteiger partial charge in [-0.3, -0.25) is 4.79 Å². The van der Waals surface area contributed by atoms with E-state index in [-0.39, 0.29) is 28.8 Å². The molecule has 8 nitrogen and oxygen atoms in total. The number of esters is 1. The number of hydrogen-bond donors (Lipinski definition) is 1. The molecule has 1 fully saturated rings. The molecule has 1 N–H and O–H groups in total. The average molecular weight is 417 g/mol. The van der Waals surface area contributed by atoms with E-state index >= 15 is 0 Å². The van der Waals surface area contributed by atoms with E-state index in [9.17, 15) is 14.4 Å². The highest BCUT2D eigenvalue weighted by Gasteiger charge is 2.34. The Kier molecular flexibility index (Phi) is 6.04. The molecule has 0 bridgehead atoms. The molecule has 0 aromatic heterocycles. The van der Waals surface area contributed by atoms with Crippen LogP contribution in [0.15, 0.2) is 48.2 Å². The Balaban J connectivity index is 1.88. The Morgan fingerprint density at radius 1 is 1.17 bits per heavy atom. The van der Waals surface area contributed by atoms with Crippen LogP contribution in [-0.2, 0) is 14.3 Å². The van der Waals surface area contributed by atoms with Crippen molar-refractivity contribution in [2.75, 3.05) is 25.7 Å². The summed E-state index contributed by atoms with van der Waals surface area (Å²) in [6.07, 6.45) is 1.47. The SMILES string of the molecule is COC(=O)COc1c(Cl)cc(/C=C2/NC(=O)N(c3ccccc3)C2=O)cc1OC. The summed E-state index contributed by atoms with van der Waals surface area (Å²) in [6.45, 7) is -0.340. The van der Waals surface area contributed by atoms with E-state index in [4.69, 9.17) is 21.1 Å². The number of halogens is 1. The number of carbonyl (C=O) groups excluding carboxylic acids is 3. The summed E-state index contributed by atoms with van der Waals surface area (Å²) in [5.74, 6) is -0.656. The third-order valence-corrected chi connectivity index (χ3v) is 4.30. The third-order valence-electron chi connectivity index (χ3n) is 4.02.